The Morgan fingerprint density at radius 2 is 1.62 bits per heavy atom. The second-order valence-electron chi connectivity index (χ2n) is 6.78. The molecule has 32 heavy (non-hydrogen) atoms. The number of alkyl halides is 3. The lowest BCUT2D eigenvalue weighted by Gasteiger charge is -2.11. The van der Waals surface area contributed by atoms with Crippen LogP contribution in [0.4, 0.5) is 30.4 Å². The summed E-state index contributed by atoms with van der Waals surface area (Å²) in [5.74, 6) is 0.923. The lowest BCUT2D eigenvalue weighted by molar-refractivity contribution is -0.384. The van der Waals surface area contributed by atoms with Gasteiger partial charge in [0, 0.05) is 29.0 Å². The molecule has 0 radical (unpaired) electrons. The van der Waals surface area contributed by atoms with Crippen molar-refractivity contribution in [3.05, 3.63) is 94.0 Å². The highest BCUT2D eigenvalue weighted by Gasteiger charge is 2.29. The number of benzene rings is 3. The molecule has 0 spiro atoms. The maximum atomic E-state index is 12.7. The van der Waals surface area contributed by atoms with Gasteiger partial charge in [0.1, 0.15) is 5.82 Å². The number of aromatic nitrogens is 2. The van der Waals surface area contributed by atoms with Crippen LogP contribution in [-0.4, -0.2) is 14.9 Å². The molecule has 1 aromatic heterocycles. The summed E-state index contributed by atoms with van der Waals surface area (Å²) in [5, 5.41) is 15.2. The van der Waals surface area contributed by atoms with Crippen molar-refractivity contribution in [2.24, 2.45) is 0 Å². The average molecular weight is 456 g/mol. The maximum Gasteiger partial charge on any atom is 0.416 e. The molecule has 162 valence electrons. The van der Waals surface area contributed by atoms with Crippen LogP contribution in [0.3, 0.4) is 0 Å². The summed E-state index contributed by atoms with van der Waals surface area (Å²) in [6.07, 6.45) is -4.37. The number of nitro groups is 1. The number of non-ortho nitro benzene ring substituents is 1. The topological polar surface area (TPSA) is 81.0 Å². The average Bonchev–Trinajstić information content (AvgIpc) is 2.78. The van der Waals surface area contributed by atoms with E-state index in [4.69, 9.17) is 0 Å². The van der Waals surface area contributed by atoms with Crippen LogP contribution < -0.4 is 5.32 Å². The van der Waals surface area contributed by atoms with E-state index in [1.807, 2.05) is 24.3 Å². The Balaban J connectivity index is 1.57. The Hall–Kier alpha value is -3.66. The molecule has 0 saturated heterocycles. The van der Waals surface area contributed by atoms with E-state index in [9.17, 15) is 23.3 Å². The normalized spacial score (nSPS) is 11.5. The molecule has 0 saturated carbocycles. The minimum Gasteiger partial charge on any atom is -0.340 e. The number of hydrogen-bond donors (Lipinski definition) is 1. The molecular weight excluding hydrogens is 441 g/mol. The molecule has 0 bridgehead atoms. The number of nitrogens with one attached hydrogen (secondary N) is 1. The molecule has 0 unspecified atom stereocenters. The Morgan fingerprint density at radius 3 is 2.28 bits per heavy atom. The van der Waals surface area contributed by atoms with Gasteiger partial charge >= 0.3 is 6.18 Å². The Kier molecular flexibility index (Phi) is 5.95. The first-order valence-corrected chi connectivity index (χ1v) is 10.4. The highest BCUT2D eigenvalue weighted by molar-refractivity contribution is 7.98. The number of para-hydroxylation sites is 1. The number of nitrogens with zero attached hydrogens (tertiary/aromatic N) is 3. The molecule has 1 heterocycles. The van der Waals surface area contributed by atoms with E-state index in [0.29, 0.717) is 33.5 Å². The van der Waals surface area contributed by atoms with Crippen molar-refractivity contribution in [1.29, 1.82) is 0 Å². The van der Waals surface area contributed by atoms with Gasteiger partial charge in [0.25, 0.3) is 5.69 Å². The number of anilines is 2. The van der Waals surface area contributed by atoms with Gasteiger partial charge in [-0.15, -0.1) is 0 Å². The van der Waals surface area contributed by atoms with Crippen LogP contribution >= 0.6 is 11.8 Å². The largest absolute Gasteiger partial charge is 0.416 e. The third-order valence-corrected chi connectivity index (χ3v) is 5.49. The lowest BCUT2D eigenvalue weighted by Crippen LogP contribution is -2.04. The summed E-state index contributed by atoms with van der Waals surface area (Å²) in [4.78, 5) is 19.5. The number of rotatable bonds is 6. The highest BCUT2D eigenvalue weighted by atomic mass is 32.2. The van der Waals surface area contributed by atoms with E-state index in [1.165, 1.54) is 36.0 Å². The van der Waals surface area contributed by atoms with Gasteiger partial charge in [0.15, 0.2) is 5.16 Å². The summed E-state index contributed by atoms with van der Waals surface area (Å²) >= 11 is 1.30. The molecule has 1 N–H and O–H groups in total. The third-order valence-electron chi connectivity index (χ3n) is 4.57. The van der Waals surface area contributed by atoms with Crippen molar-refractivity contribution in [3.63, 3.8) is 0 Å². The second kappa shape index (κ2) is 8.83. The molecular formula is C22H15F3N4O2S. The lowest BCUT2D eigenvalue weighted by atomic mass is 10.1. The Bertz CT molecular complexity index is 1260. The first kappa shape index (κ1) is 21.6. The van der Waals surface area contributed by atoms with Crippen LogP contribution in [0, 0.1) is 10.1 Å². The molecule has 3 aromatic carbocycles. The molecule has 0 aliphatic rings. The standard InChI is InChI=1S/C22H15F3N4O2S/c23-22(24,25)15-7-5-14(6-8-15)13-32-21-27-19-4-2-1-3-18(19)20(28-21)26-16-9-11-17(12-10-16)29(30)31/h1-12H,13H2,(H,26,27,28). The van der Waals surface area contributed by atoms with Gasteiger partial charge in [-0.3, -0.25) is 10.1 Å². The molecule has 0 fully saturated rings. The summed E-state index contributed by atoms with van der Waals surface area (Å²) in [7, 11) is 0. The smallest absolute Gasteiger partial charge is 0.340 e. The quantitative estimate of drug-likeness (QED) is 0.153. The zero-order valence-corrected chi connectivity index (χ0v) is 17.2. The number of halogens is 3. The van der Waals surface area contributed by atoms with Crippen LogP contribution in [0.15, 0.2) is 78.0 Å². The predicted octanol–water partition coefficient (Wildman–Crippen LogP) is 6.59. The van der Waals surface area contributed by atoms with Gasteiger partial charge in [-0.25, -0.2) is 9.97 Å². The first-order valence-electron chi connectivity index (χ1n) is 9.37. The van der Waals surface area contributed by atoms with Crippen LogP contribution in [0.2, 0.25) is 0 Å². The fraction of sp³-hybridized carbons (Fsp3) is 0.0909. The predicted molar refractivity (Wildman–Crippen MR) is 117 cm³/mol. The molecule has 0 aliphatic carbocycles. The fourth-order valence-corrected chi connectivity index (χ4v) is 3.76. The molecule has 0 amide bonds. The van der Waals surface area contributed by atoms with Gasteiger partial charge in [-0.05, 0) is 42.0 Å². The van der Waals surface area contributed by atoms with Crippen molar-refractivity contribution in [1.82, 2.24) is 9.97 Å². The number of fused-ring (bicyclic) bond motifs is 1. The van der Waals surface area contributed by atoms with E-state index in [2.05, 4.69) is 15.3 Å². The van der Waals surface area contributed by atoms with E-state index >= 15 is 0 Å². The molecule has 0 aliphatic heterocycles. The monoisotopic (exact) mass is 456 g/mol. The summed E-state index contributed by atoms with van der Waals surface area (Å²) in [5.41, 5.74) is 1.32. The van der Waals surface area contributed by atoms with Crippen molar-refractivity contribution >= 4 is 39.9 Å². The SMILES string of the molecule is O=[N+]([O-])c1ccc(Nc2nc(SCc3ccc(C(F)(F)F)cc3)nc3ccccc23)cc1. The van der Waals surface area contributed by atoms with Crippen LogP contribution in [0.25, 0.3) is 10.9 Å². The van der Waals surface area contributed by atoms with Gasteiger partial charge in [0.2, 0.25) is 0 Å². The van der Waals surface area contributed by atoms with Gasteiger partial charge in [-0.1, -0.05) is 36.0 Å². The zero-order valence-electron chi connectivity index (χ0n) is 16.3. The van der Waals surface area contributed by atoms with E-state index in [0.717, 1.165) is 17.5 Å². The molecule has 0 atom stereocenters. The van der Waals surface area contributed by atoms with Crippen LogP contribution in [0.1, 0.15) is 11.1 Å². The van der Waals surface area contributed by atoms with E-state index < -0.39 is 16.7 Å². The molecule has 4 aromatic rings. The van der Waals surface area contributed by atoms with Crippen molar-refractivity contribution in [2.45, 2.75) is 17.1 Å². The fourth-order valence-electron chi connectivity index (χ4n) is 2.96. The molecule has 4 rings (SSSR count). The number of nitro benzene ring substituents is 1. The molecule has 6 nitrogen and oxygen atoms in total. The van der Waals surface area contributed by atoms with Crippen molar-refractivity contribution < 1.29 is 18.1 Å². The van der Waals surface area contributed by atoms with Crippen LogP contribution in [-0.2, 0) is 11.9 Å². The third kappa shape index (κ3) is 4.97. The zero-order chi connectivity index (χ0) is 22.7. The first-order chi connectivity index (χ1) is 15.3. The second-order valence-corrected chi connectivity index (χ2v) is 7.73. The Labute approximate surface area is 184 Å². The van der Waals surface area contributed by atoms with E-state index in [-0.39, 0.29) is 5.69 Å². The minimum atomic E-state index is -4.37. The Morgan fingerprint density at radius 1 is 0.938 bits per heavy atom. The summed E-state index contributed by atoms with van der Waals surface area (Å²) in [6.45, 7) is 0. The summed E-state index contributed by atoms with van der Waals surface area (Å²) < 4.78 is 38.2. The van der Waals surface area contributed by atoms with Gasteiger partial charge < -0.3 is 5.32 Å². The van der Waals surface area contributed by atoms with Crippen molar-refractivity contribution in [3.8, 4) is 0 Å². The summed E-state index contributed by atoms with van der Waals surface area (Å²) in [6, 6.07) is 18.3. The van der Waals surface area contributed by atoms with Gasteiger partial charge in [-0.2, -0.15) is 13.2 Å². The molecule has 10 heteroatoms. The number of hydrogen-bond acceptors (Lipinski definition) is 6. The van der Waals surface area contributed by atoms with Crippen molar-refractivity contribution in [2.75, 3.05) is 5.32 Å². The van der Waals surface area contributed by atoms with Crippen LogP contribution in [0.5, 0.6) is 0 Å². The maximum absolute atomic E-state index is 12.7. The van der Waals surface area contributed by atoms with Gasteiger partial charge in [0.05, 0.1) is 16.0 Å². The minimum absolute atomic E-state index is 0.0177. The van der Waals surface area contributed by atoms with E-state index in [1.54, 1.807) is 12.1 Å². The highest BCUT2D eigenvalue weighted by Crippen LogP contribution is 2.31. The number of thioether (sulfide) groups is 1.